The number of nitrogens with two attached hydrogens (primary N) is 1. The summed E-state index contributed by atoms with van der Waals surface area (Å²) in [5, 5.41) is 9.02. The molecule has 2 N–H and O–H groups in total. The van der Waals surface area contributed by atoms with Crippen LogP contribution in [0.2, 0.25) is 0 Å². The molecule has 0 unspecified atom stereocenters. The maximum atomic E-state index is 9.02. The lowest BCUT2D eigenvalue weighted by atomic mass is 9.80. The Labute approximate surface area is 104 Å². The van der Waals surface area contributed by atoms with E-state index in [1.165, 1.54) is 0 Å². The first-order valence-corrected chi connectivity index (χ1v) is 6.64. The van der Waals surface area contributed by atoms with Gasteiger partial charge in [-0.25, -0.2) is 0 Å². The Balaban J connectivity index is 1.85. The van der Waals surface area contributed by atoms with Crippen molar-refractivity contribution in [1.29, 1.82) is 5.26 Å². The minimum absolute atomic E-state index is 0.562. The van der Waals surface area contributed by atoms with Crippen LogP contribution in [0.3, 0.4) is 0 Å². The molecule has 1 heterocycles. The molecule has 4 nitrogen and oxygen atoms in total. The number of hydrogen-bond acceptors (Lipinski definition) is 4. The Hall–Kier alpha value is -0.630. The minimum atomic E-state index is -0.562. The average Bonchev–Trinajstić information content (AvgIpc) is 2.40. The molecule has 0 aromatic carbocycles. The number of hydrogen-bond donors (Lipinski definition) is 1. The SMILES string of the molecule is CN(C1CCOCC1)C1CCC(N)(C#N)CC1. The first-order chi connectivity index (χ1) is 8.14. The Morgan fingerprint density at radius 1 is 1.18 bits per heavy atom. The first-order valence-electron chi connectivity index (χ1n) is 6.64. The van der Waals surface area contributed by atoms with Crippen LogP contribution in [0.4, 0.5) is 0 Å². The van der Waals surface area contributed by atoms with Crippen molar-refractivity contribution in [2.24, 2.45) is 5.73 Å². The standard InChI is InChI=1S/C13H23N3O/c1-16(12-4-8-17-9-5-12)11-2-6-13(15,10-14)7-3-11/h11-12H,2-9,15H2,1H3. The summed E-state index contributed by atoms with van der Waals surface area (Å²) in [4.78, 5) is 2.50. The van der Waals surface area contributed by atoms with Crippen LogP contribution in [0.15, 0.2) is 0 Å². The molecule has 0 radical (unpaired) electrons. The van der Waals surface area contributed by atoms with Crippen molar-refractivity contribution in [1.82, 2.24) is 4.90 Å². The fourth-order valence-electron chi connectivity index (χ4n) is 3.03. The second kappa shape index (κ2) is 5.34. The Morgan fingerprint density at radius 3 is 2.24 bits per heavy atom. The fraction of sp³-hybridized carbons (Fsp3) is 0.923. The summed E-state index contributed by atoms with van der Waals surface area (Å²) < 4.78 is 5.40. The molecule has 0 aromatic rings. The van der Waals surface area contributed by atoms with Gasteiger partial charge in [0.05, 0.1) is 6.07 Å². The molecular weight excluding hydrogens is 214 g/mol. The third-order valence-corrected chi connectivity index (χ3v) is 4.41. The maximum absolute atomic E-state index is 9.02. The van der Waals surface area contributed by atoms with Crippen LogP contribution in [0.25, 0.3) is 0 Å². The van der Waals surface area contributed by atoms with Crippen LogP contribution in [-0.2, 0) is 4.74 Å². The highest BCUT2D eigenvalue weighted by Gasteiger charge is 2.34. The second-order valence-electron chi connectivity index (χ2n) is 5.51. The third kappa shape index (κ3) is 2.98. The van der Waals surface area contributed by atoms with Gasteiger partial charge in [-0.2, -0.15) is 5.26 Å². The zero-order valence-electron chi connectivity index (χ0n) is 10.7. The molecule has 96 valence electrons. The Morgan fingerprint density at radius 2 is 1.71 bits per heavy atom. The van der Waals surface area contributed by atoms with Gasteiger partial charge in [0, 0.05) is 25.3 Å². The van der Waals surface area contributed by atoms with Crippen LogP contribution < -0.4 is 5.73 Å². The van der Waals surface area contributed by atoms with Crippen LogP contribution in [0.5, 0.6) is 0 Å². The van der Waals surface area contributed by atoms with Gasteiger partial charge in [0.25, 0.3) is 0 Å². The summed E-state index contributed by atoms with van der Waals surface area (Å²) >= 11 is 0. The summed E-state index contributed by atoms with van der Waals surface area (Å²) in [5.41, 5.74) is 5.44. The van der Waals surface area contributed by atoms with Crippen molar-refractivity contribution in [2.45, 2.75) is 56.1 Å². The number of ether oxygens (including phenoxy) is 1. The number of rotatable bonds is 2. The molecule has 2 rings (SSSR count). The normalized spacial score (nSPS) is 35.8. The van der Waals surface area contributed by atoms with Crippen molar-refractivity contribution >= 4 is 0 Å². The summed E-state index contributed by atoms with van der Waals surface area (Å²) in [6.45, 7) is 1.78. The molecular formula is C13H23N3O. The molecule has 0 bridgehead atoms. The first kappa shape index (κ1) is 12.8. The van der Waals surface area contributed by atoms with E-state index in [1.54, 1.807) is 0 Å². The highest BCUT2D eigenvalue weighted by atomic mass is 16.5. The smallest absolute Gasteiger partial charge is 0.104 e. The van der Waals surface area contributed by atoms with E-state index >= 15 is 0 Å². The van der Waals surface area contributed by atoms with Gasteiger partial charge in [0.2, 0.25) is 0 Å². The summed E-state index contributed by atoms with van der Waals surface area (Å²) in [5.74, 6) is 0. The molecule has 1 saturated carbocycles. The lowest BCUT2D eigenvalue weighted by Gasteiger charge is -2.41. The van der Waals surface area contributed by atoms with Gasteiger partial charge in [0.15, 0.2) is 0 Å². The summed E-state index contributed by atoms with van der Waals surface area (Å²) in [6.07, 6.45) is 6.05. The monoisotopic (exact) mass is 237 g/mol. The van der Waals surface area contributed by atoms with Gasteiger partial charge in [-0.05, 0) is 45.6 Å². The molecule has 1 saturated heterocycles. The molecule has 4 heteroatoms. The van der Waals surface area contributed by atoms with Gasteiger partial charge in [-0.1, -0.05) is 0 Å². The van der Waals surface area contributed by atoms with Crippen molar-refractivity contribution < 1.29 is 4.74 Å². The predicted octanol–water partition coefficient (Wildman–Crippen LogP) is 1.26. The predicted molar refractivity (Wildman–Crippen MR) is 66.4 cm³/mol. The molecule has 0 aromatic heterocycles. The fourth-order valence-corrected chi connectivity index (χ4v) is 3.03. The number of nitriles is 1. The molecule has 0 spiro atoms. The minimum Gasteiger partial charge on any atom is -0.381 e. The van der Waals surface area contributed by atoms with Crippen LogP contribution in [-0.4, -0.2) is 42.8 Å². The van der Waals surface area contributed by atoms with Crippen molar-refractivity contribution in [3.63, 3.8) is 0 Å². The molecule has 1 aliphatic heterocycles. The third-order valence-electron chi connectivity index (χ3n) is 4.41. The Bertz CT molecular complexity index is 286. The molecule has 2 fully saturated rings. The largest absolute Gasteiger partial charge is 0.381 e. The molecule has 2 aliphatic rings. The van der Waals surface area contributed by atoms with Gasteiger partial charge >= 0.3 is 0 Å². The van der Waals surface area contributed by atoms with Gasteiger partial charge in [0.1, 0.15) is 5.54 Å². The van der Waals surface area contributed by atoms with Crippen molar-refractivity contribution in [3.8, 4) is 6.07 Å². The zero-order valence-corrected chi connectivity index (χ0v) is 10.7. The van der Waals surface area contributed by atoms with Crippen molar-refractivity contribution in [3.05, 3.63) is 0 Å². The lowest BCUT2D eigenvalue weighted by Crippen LogP contribution is -2.50. The zero-order chi connectivity index (χ0) is 12.3. The highest BCUT2D eigenvalue weighted by Crippen LogP contribution is 2.30. The average molecular weight is 237 g/mol. The Kier molecular flexibility index (Phi) is 4.03. The van der Waals surface area contributed by atoms with Crippen LogP contribution >= 0.6 is 0 Å². The lowest BCUT2D eigenvalue weighted by molar-refractivity contribution is 0.0193. The van der Waals surface area contributed by atoms with Crippen LogP contribution in [0.1, 0.15) is 38.5 Å². The second-order valence-corrected chi connectivity index (χ2v) is 5.51. The van der Waals surface area contributed by atoms with E-state index < -0.39 is 5.54 Å². The topological polar surface area (TPSA) is 62.3 Å². The quantitative estimate of drug-likeness (QED) is 0.785. The molecule has 17 heavy (non-hydrogen) atoms. The van der Waals surface area contributed by atoms with E-state index in [2.05, 4.69) is 18.0 Å². The van der Waals surface area contributed by atoms with E-state index in [0.29, 0.717) is 12.1 Å². The maximum Gasteiger partial charge on any atom is 0.104 e. The van der Waals surface area contributed by atoms with E-state index in [9.17, 15) is 0 Å². The number of nitrogens with zero attached hydrogens (tertiary/aromatic N) is 2. The molecule has 0 atom stereocenters. The highest BCUT2D eigenvalue weighted by molar-refractivity contribution is 5.07. The van der Waals surface area contributed by atoms with E-state index in [1.807, 2.05) is 0 Å². The van der Waals surface area contributed by atoms with Gasteiger partial charge in [-0.3, -0.25) is 0 Å². The van der Waals surface area contributed by atoms with Gasteiger partial charge < -0.3 is 15.4 Å². The van der Waals surface area contributed by atoms with Crippen molar-refractivity contribution in [2.75, 3.05) is 20.3 Å². The summed E-state index contributed by atoms with van der Waals surface area (Å²) in [7, 11) is 2.22. The molecule has 1 aliphatic carbocycles. The van der Waals surface area contributed by atoms with E-state index in [0.717, 1.165) is 51.7 Å². The van der Waals surface area contributed by atoms with Gasteiger partial charge in [-0.15, -0.1) is 0 Å². The van der Waals surface area contributed by atoms with E-state index in [4.69, 9.17) is 15.7 Å². The van der Waals surface area contributed by atoms with E-state index in [-0.39, 0.29) is 0 Å². The molecule has 0 amide bonds. The van der Waals surface area contributed by atoms with Crippen LogP contribution in [0, 0.1) is 11.3 Å². The summed E-state index contributed by atoms with van der Waals surface area (Å²) in [6, 6.07) is 3.51.